The van der Waals surface area contributed by atoms with Crippen molar-refractivity contribution in [3.63, 3.8) is 0 Å². The van der Waals surface area contributed by atoms with Gasteiger partial charge < -0.3 is 0 Å². The van der Waals surface area contributed by atoms with Gasteiger partial charge in [0.25, 0.3) is 0 Å². The maximum Gasteiger partial charge on any atom is 0.199 e. The summed E-state index contributed by atoms with van der Waals surface area (Å²) in [5.74, 6) is -4.23. The Bertz CT molecular complexity index is 597. The zero-order valence-corrected chi connectivity index (χ0v) is 9.51. The summed E-state index contributed by atoms with van der Waals surface area (Å²) in [5, 5.41) is 0. The second-order valence-electron chi connectivity index (χ2n) is 3.89. The second-order valence-corrected chi connectivity index (χ2v) is 3.89. The molecule has 0 aromatic heterocycles. The lowest BCUT2D eigenvalue weighted by Crippen LogP contribution is -2.09. The Balaban J connectivity index is 2.57. The standard InChI is InChI=1S/C14H9F3O/c1-8-4-2-3-5-10(8)14(18)13-11(16)6-9(15)7-12(13)17/h2-7H,1H3. The van der Waals surface area contributed by atoms with E-state index in [0.29, 0.717) is 17.7 Å². The van der Waals surface area contributed by atoms with E-state index in [2.05, 4.69) is 0 Å². The molecule has 2 rings (SSSR count). The molecule has 0 aliphatic heterocycles. The summed E-state index contributed by atoms with van der Waals surface area (Å²) >= 11 is 0. The fourth-order valence-corrected chi connectivity index (χ4v) is 1.72. The van der Waals surface area contributed by atoms with E-state index in [1.807, 2.05) is 0 Å². The number of rotatable bonds is 2. The molecular weight excluding hydrogens is 241 g/mol. The van der Waals surface area contributed by atoms with Gasteiger partial charge >= 0.3 is 0 Å². The van der Waals surface area contributed by atoms with Gasteiger partial charge in [0, 0.05) is 17.7 Å². The minimum atomic E-state index is -1.19. The molecule has 0 saturated heterocycles. The van der Waals surface area contributed by atoms with Crippen LogP contribution in [0.4, 0.5) is 13.2 Å². The van der Waals surface area contributed by atoms with Crippen LogP contribution in [0.1, 0.15) is 21.5 Å². The minimum absolute atomic E-state index is 0.196. The molecule has 1 nitrogen and oxygen atoms in total. The first kappa shape index (κ1) is 12.4. The van der Waals surface area contributed by atoms with E-state index in [-0.39, 0.29) is 5.56 Å². The van der Waals surface area contributed by atoms with Gasteiger partial charge in [-0.25, -0.2) is 13.2 Å². The molecule has 2 aromatic rings. The van der Waals surface area contributed by atoms with Crippen molar-refractivity contribution in [3.8, 4) is 0 Å². The third-order valence-electron chi connectivity index (χ3n) is 2.62. The molecule has 0 aliphatic rings. The highest BCUT2D eigenvalue weighted by atomic mass is 19.1. The van der Waals surface area contributed by atoms with Crippen LogP contribution in [0.2, 0.25) is 0 Å². The summed E-state index contributed by atoms with van der Waals surface area (Å²) in [6, 6.07) is 7.43. The highest BCUT2D eigenvalue weighted by Crippen LogP contribution is 2.20. The van der Waals surface area contributed by atoms with Crippen molar-refractivity contribution >= 4 is 5.78 Å². The van der Waals surface area contributed by atoms with Crippen LogP contribution in [0.3, 0.4) is 0 Å². The molecule has 18 heavy (non-hydrogen) atoms. The van der Waals surface area contributed by atoms with E-state index in [9.17, 15) is 18.0 Å². The number of hydrogen-bond acceptors (Lipinski definition) is 1. The Kier molecular flexibility index (Phi) is 3.19. The first-order valence-corrected chi connectivity index (χ1v) is 5.25. The zero-order valence-electron chi connectivity index (χ0n) is 9.51. The summed E-state index contributed by atoms with van der Waals surface area (Å²) in [7, 11) is 0. The molecule has 0 fully saturated rings. The van der Waals surface area contributed by atoms with Crippen molar-refractivity contribution in [2.45, 2.75) is 6.92 Å². The van der Waals surface area contributed by atoms with Crippen LogP contribution in [0.5, 0.6) is 0 Å². The van der Waals surface area contributed by atoms with Gasteiger partial charge in [0.1, 0.15) is 17.5 Å². The number of hydrogen-bond donors (Lipinski definition) is 0. The van der Waals surface area contributed by atoms with E-state index in [0.717, 1.165) is 0 Å². The summed E-state index contributed by atoms with van der Waals surface area (Å²) in [4.78, 5) is 12.0. The van der Waals surface area contributed by atoms with E-state index in [1.165, 1.54) is 6.07 Å². The summed E-state index contributed by atoms with van der Waals surface area (Å²) in [6.45, 7) is 1.66. The van der Waals surface area contributed by atoms with Gasteiger partial charge in [0.2, 0.25) is 0 Å². The van der Waals surface area contributed by atoms with Gasteiger partial charge in [-0.15, -0.1) is 0 Å². The Morgan fingerprint density at radius 3 is 2.11 bits per heavy atom. The smallest absolute Gasteiger partial charge is 0.199 e. The summed E-state index contributed by atoms with van der Waals surface area (Å²) < 4.78 is 39.7. The van der Waals surface area contributed by atoms with Crippen LogP contribution in [-0.4, -0.2) is 5.78 Å². The van der Waals surface area contributed by atoms with Crippen LogP contribution in [0, 0.1) is 24.4 Å². The molecule has 92 valence electrons. The third kappa shape index (κ3) is 2.14. The van der Waals surface area contributed by atoms with Crippen LogP contribution in [0.25, 0.3) is 0 Å². The average Bonchev–Trinajstić information content (AvgIpc) is 2.27. The second kappa shape index (κ2) is 4.64. The molecular formula is C14H9F3O. The van der Waals surface area contributed by atoms with Crippen molar-refractivity contribution in [1.29, 1.82) is 0 Å². The van der Waals surface area contributed by atoms with Crippen molar-refractivity contribution < 1.29 is 18.0 Å². The van der Waals surface area contributed by atoms with Crippen molar-refractivity contribution in [2.75, 3.05) is 0 Å². The highest BCUT2D eigenvalue weighted by molar-refractivity contribution is 6.10. The molecule has 0 saturated carbocycles. The van der Waals surface area contributed by atoms with Gasteiger partial charge in [0.05, 0.1) is 5.56 Å². The first-order chi connectivity index (χ1) is 8.50. The maximum atomic E-state index is 13.5. The molecule has 0 unspecified atom stereocenters. The topological polar surface area (TPSA) is 17.1 Å². The first-order valence-electron chi connectivity index (χ1n) is 5.25. The zero-order chi connectivity index (χ0) is 13.3. The number of aryl methyl sites for hydroxylation is 1. The predicted molar refractivity (Wildman–Crippen MR) is 60.9 cm³/mol. The average molecular weight is 250 g/mol. The molecule has 0 aliphatic carbocycles. The molecule has 0 atom stereocenters. The SMILES string of the molecule is Cc1ccccc1C(=O)c1c(F)cc(F)cc1F. The quantitative estimate of drug-likeness (QED) is 0.743. The number of carbonyl (C=O) groups is 1. The lowest BCUT2D eigenvalue weighted by Gasteiger charge is -2.07. The predicted octanol–water partition coefficient (Wildman–Crippen LogP) is 3.64. The van der Waals surface area contributed by atoms with E-state index < -0.39 is 28.8 Å². The fourth-order valence-electron chi connectivity index (χ4n) is 1.72. The normalized spacial score (nSPS) is 10.4. The van der Waals surface area contributed by atoms with Gasteiger partial charge in [-0.1, -0.05) is 24.3 Å². The van der Waals surface area contributed by atoms with Gasteiger partial charge in [-0.2, -0.15) is 0 Å². The van der Waals surface area contributed by atoms with E-state index in [4.69, 9.17) is 0 Å². The van der Waals surface area contributed by atoms with Crippen LogP contribution in [0.15, 0.2) is 36.4 Å². The molecule has 2 aromatic carbocycles. The van der Waals surface area contributed by atoms with Crippen molar-refractivity contribution in [3.05, 3.63) is 70.5 Å². The van der Waals surface area contributed by atoms with Gasteiger partial charge in [0.15, 0.2) is 5.78 Å². The molecule has 4 heteroatoms. The number of halogens is 3. The van der Waals surface area contributed by atoms with Crippen LogP contribution < -0.4 is 0 Å². The highest BCUT2D eigenvalue weighted by Gasteiger charge is 2.21. The Morgan fingerprint density at radius 2 is 1.56 bits per heavy atom. The lowest BCUT2D eigenvalue weighted by molar-refractivity contribution is 0.103. The summed E-state index contributed by atoms with van der Waals surface area (Å²) in [5.41, 5.74) is 0.0678. The number of carbonyl (C=O) groups excluding carboxylic acids is 1. The Hall–Kier alpha value is -2.10. The van der Waals surface area contributed by atoms with Crippen LogP contribution in [-0.2, 0) is 0 Å². The van der Waals surface area contributed by atoms with Crippen LogP contribution >= 0.6 is 0 Å². The molecule has 0 bridgehead atoms. The fraction of sp³-hybridized carbons (Fsp3) is 0.0714. The van der Waals surface area contributed by atoms with Crippen molar-refractivity contribution in [2.24, 2.45) is 0 Å². The molecule has 0 amide bonds. The minimum Gasteiger partial charge on any atom is -0.288 e. The largest absolute Gasteiger partial charge is 0.288 e. The Labute approximate surface area is 102 Å². The summed E-state index contributed by atoms with van der Waals surface area (Å²) in [6.07, 6.45) is 0. The molecule has 0 heterocycles. The third-order valence-corrected chi connectivity index (χ3v) is 2.62. The van der Waals surface area contributed by atoms with Crippen molar-refractivity contribution in [1.82, 2.24) is 0 Å². The monoisotopic (exact) mass is 250 g/mol. The van der Waals surface area contributed by atoms with E-state index >= 15 is 0 Å². The molecule has 0 radical (unpaired) electrons. The van der Waals surface area contributed by atoms with Gasteiger partial charge in [-0.05, 0) is 12.5 Å². The number of benzene rings is 2. The van der Waals surface area contributed by atoms with Gasteiger partial charge in [-0.3, -0.25) is 4.79 Å². The maximum absolute atomic E-state index is 13.5. The molecule has 0 spiro atoms. The lowest BCUT2D eigenvalue weighted by atomic mass is 9.98. The van der Waals surface area contributed by atoms with E-state index in [1.54, 1.807) is 25.1 Å². The Morgan fingerprint density at radius 1 is 1.00 bits per heavy atom. The number of ketones is 1. The molecule has 0 N–H and O–H groups in total.